The van der Waals surface area contributed by atoms with Gasteiger partial charge in [0, 0.05) is 33.9 Å². The summed E-state index contributed by atoms with van der Waals surface area (Å²) in [6.07, 6.45) is 5.60. The second-order valence-corrected chi connectivity index (χ2v) is 7.68. The molecule has 4 nitrogen and oxygen atoms in total. The lowest BCUT2D eigenvalue weighted by Gasteiger charge is -2.04. The predicted molar refractivity (Wildman–Crippen MR) is 108 cm³/mol. The van der Waals surface area contributed by atoms with Crippen molar-refractivity contribution in [2.45, 2.75) is 59.8 Å². The molecule has 3 aromatic rings. The molecule has 0 bridgehead atoms. The maximum Gasteiger partial charge on any atom is 0.148 e. The summed E-state index contributed by atoms with van der Waals surface area (Å²) in [6.45, 7) is 8.42. The molecule has 0 radical (unpaired) electrons. The molecule has 0 amide bonds. The molecule has 0 atom stereocenters. The van der Waals surface area contributed by atoms with E-state index in [-0.39, 0.29) is 0 Å². The first kappa shape index (κ1) is 18.6. The highest BCUT2D eigenvalue weighted by Crippen LogP contribution is 2.31. The van der Waals surface area contributed by atoms with E-state index in [0.717, 1.165) is 56.8 Å². The highest BCUT2D eigenvalue weighted by molar-refractivity contribution is 7.17. The average molecular weight is 367 g/mol. The van der Waals surface area contributed by atoms with Gasteiger partial charge >= 0.3 is 0 Å². The molecule has 3 aromatic heterocycles. The number of aromatic nitrogens is 4. The Balaban J connectivity index is 1.89. The number of unbranched alkanes of at least 4 members (excludes halogenated alkanes) is 2. The molecule has 3 rings (SSSR count). The Labute approximate surface area is 159 Å². The summed E-state index contributed by atoms with van der Waals surface area (Å²) in [5, 5.41) is 10.8. The fourth-order valence-corrected chi connectivity index (χ4v) is 3.86. The Morgan fingerprint density at radius 2 is 1.35 bits per heavy atom. The summed E-state index contributed by atoms with van der Waals surface area (Å²) < 4.78 is 0. The Bertz CT molecular complexity index is 885. The van der Waals surface area contributed by atoms with E-state index in [1.807, 2.05) is 6.92 Å². The third-order valence-electron chi connectivity index (χ3n) is 4.33. The first-order valence-corrected chi connectivity index (χ1v) is 10.2. The van der Waals surface area contributed by atoms with Crippen LogP contribution in [0.25, 0.3) is 21.1 Å². The molecule has 0 aliphatic heterocycles. The number of hydrogen-bond donors (Lipinski definition) is 0. The summed E-state index contributed by atoms with van der Waals surface area (Å²) >= 11 is 1.63. The Morgan fingerprint density at radius 1 is 0.769 bits per heavy atom. The van der Waals surface area contributed by atoms with E-state index in [2.05, 4.69) is 65.2 Å². The topological polar surface area (TPSA) is 51.6 Å². The van der Waals surface area contributed by atoms with Gasteiger partial charge < -0.3 is 0 Å². The van der Waals surface area contributed by atoms with Gasteiger partial charge in [0.2, 0.25) is 0 Å². The van der Waals surface area contributed by atoms with E-state index >= 15 is 0 Å². The van der Waals surface area contributed by atoms with Crippen LogP contribution in [-0.2, 0) is 12.8 Å². The predicted octanol–water partition coefficient (Wildman–Crippen LogP) is 5.57. The Kier molecular flexibility index (Phi) is 6.09. The Morgan fingerprint density at radius 3 is 1.92 bits per heavy atom. The summed E-state index contributed by atoms with van der Waals surface area (Å²) in [6, 6.07) is 8.47. The first-order chi connectivity index (χ1) is 12.6. The van der Waals surface area contributed by atoms with Gasteiger partial charge in [-0.15, -0.1) is 10.2 Å². The van der Waals surface area contributed by atoms with E-state index in [1.54, 1.807) is 11.3 Å². The van der Waals surface area contributed by atoms with Crippen molar-refractivity contribution in [1.29, 1.82) is 0 Å². The van der Waals surface area contributed by atoms with Crippen molar-refractivity contribution in [3.8, 4) is 21.1 Å². The molecular formula is C21H26N4S. The van der Waals surface area contributed by atoms with E-state index < -0.39 is 0 Å². The van der Waals surface area contributed by atoms with Crippen molar-refractivity contribution < 1.29 is 0 Å². The molecule has 0 aromatic carbocycles. The van der Waals surface area contributed by atoms with Gasteiger partial charge in [0.25, 0.3) is 0 Å². The molecule has 26 heavy (non-hydrogen) atoms. The van der Waals surface area contributed by atoms with Crippen LogP contribution in [0.15, 0.2) is 24.3 Å². The van der Waals surface area contributed by atoms with Crippen molar-refractivity contribution >= 4 is 11.3 Å². The van der Waals surface area contributed by atoms with E-state index in [4.69, 9.17) is 0 Å². The van der Waals surface area contributed by atoms with Gasteiger partial charge in [-0.3, -0.25) is 9.97 Å². The molecule has 0 spiro atoms. The number of pyridine rings is 2. The van der Waals surface area contributed by atoms with Crippen molar-refractivity contribution in [2.24, 2.45) is 0 Å². The fourth-order valence-electron chi connectivity index (χ4n) is 3.04. The number of aryl methyl sites for hydroxylation is 4. The van der Waals surface area contributed by atoms with Crippen LogP contribution in [0, 0.1) is 13.8 Å². The standard InChI is InChI=1S/C21H26N4S/c1-5-7-8-9-19-13-17(11-15(4)23-19)21-25-24-20(26-21)16-10-14(3)22-18(6-2)12-16/h10-13H,5-9H2,1-4H3. The lowest BCUT2D eigenvalue weighted by atomic mass is 10.1. The summed E-state index contributed by atoms with van der Waals surface area (Å²) in [7, 11) is 0. The van der Waals surface area contributed by atoms with Crippen LogP contribution in [0.4, 0.5) is 0 Å². The molecule has 0 aliphatic carbocycles. The van der Waals surface area contributed by atoms with E-state index in [9.17, 15) is 0 Å². The molecule has 136 valence electrons. The summed E-state index contributed by atoms with van der Waals surface area (Å²) in [5.74, 6) is 0. The van der Waals surface area contributed by atoms with Crippen molar-refractivity contribution in [1.82, 2.24) is 20.2 Å². The van der Waals surface area contributed by atoms with Crippen LogP contribution in [0.3, 0.4) is 0 Å². The minimum atomic E-state index is 0.922. The van der Waals surface area contributed by atoms with Crippen molar-refractivity contribution in [3.63, 3.8) is 0 Å². The summed E-state index contributed by atoms with van der Waals surface area (Å²) in [5.41, 5.74) is 6.53. The maximum atomic E-state index is 4.68. The van der Waals surface area contributed by atoms with Gasteiger partial charge in [0.15, 0.2) is 0 Å². The van der Waals surface area contributed by atoms with Gasteiger partial charge in [-0.1, -0.05) is 38.0 Å². The molecule has 0 fully saturated rings. The number of nitrogens with zero attached hydrogens (tertiary/aromatic N) is 4. The zero-order chi connectivity index (χ0) is 18.5. The summed E-state index contributed by atoms with van der Waals surface area (Å²) in [4.78, 5) is 9.23. The number of rotatable bonds is 7. The van der Waals surface area contributed by atoms with Crippen LogP contribution < -0.4 is 0 Å². The SMILES string of the molecule is CCCCCc1cc(-c2nnc(-c3cc(C)nc(CC)c3)s2)cc(C)n1. The quantitative estimate of drug-likeness (QED) is 0.513. The third-order valence-corrected chi connectivity index (χ3v) is 5.35. The number of hydrogen-bond acceptors (Lipinski definition) is 5. The zero-order valence-electron chi connectivity index (χ0n) is 16.0. The molecular weight excluding hydrogens is 340 g/mol. The van der Waals surface area contributed by atoms with Crippen molar-refractivity contribution in [3.05, 3.63) is 47.0 Å². The van der Waals surface area contributed by atoms with Crippen LogP contribution in [0.2, 0.25) is 0 Å². The van der Waals surface area contributed by atoms with Gasteiger partial charge in [-0.2, -0.15) is 0 Å². The molecule has 0 saturated heterocycles. The normalized spacial score (nSPS) is 11.1. The molecule has 3 heterocycles. The molecule has 0 N–H and O–H groups in total. The molecule has 0 aliphatic rings. The Hall–Kier alpha value is -2.14. The lowest BCUT2D eigenvalue weighted by Crippen LogP contribution is -1.94. The van der Waals surface area contributed by atoms with Crippen molar-refractivity contribution in [2.75, 3.05) is 0 Å². The average Bonchev–Trinajstić information content (AvgIpc) is 3.11. The van der Waals surface area contributed by atoms with Crippen LogP contribution in [0.1, 0.15) is 55.9 Å². The second kappa shape index (κ2) is 8.49. The molecule has 0 saturated carbocycles. The fraction of sp³-hybridized carbons (Fsp3) is 0.429. The van der Waals surface area contributed by atoms with Crippen LogP contribution in [0.5, 0.6) is 0 Å². The van der Waals surface area contributed by atoms with Gasteiger partial charge in [0.05, 0.1) is 0 Å². The van der Waals surface area contributed by atoms with Gasteiger partial charge in [-0.25, -0.2) is 0 Å². The lowest BCUT2D eigenvalue weighted by molar-refractivity contribution is 0.706. The maximum absolute atomic E-state index is 4.68. The van der Waals surface area contributed by atoms with Crippen LogP contribution >= 0.6 is 11.3 Å². The largest absolute Gasteiger partial charge is 0.258 e. The van der Waals surface area contributed by atoms with E-state index in [0.29, 0.717) is 0 Å². The van der Waals surface area contributed by atoms with E-state index in [1.165, 1.54) is 19.3 Å². The first-order valence-electron chi connectivity index (χ1n) is 9.38. The zero-order valence-corrected chi connectivity index (χ0v) is 16.9. The minimum absolute atomic E-state index is 0.922. The smallest absolute Gasteiger partial charge is 0.148 e. The minimum Gasteiger partial charge on any atom is -0.258 e. The van der Waals surface area contributed by atoms with Gasteiger partial charge in [0.1, 0.15) is 10.0 Å². The highest BCUT2D eigenvalue weighted by atomic mass is 32.1. The van der Waals surface area contributed by atoms with Crippen LogP contribution in [-0.4, -0.2) is 20.2 Å². The monoisotopic (exact) mass is 366 g/mol. The second-order valence-electron chi connectivity index (χ2n) is 6.70. The molecule has 0 unspecified atom stereocenters. The third kappa shape index (κ3) is 4.52. The molecule has 5 heteroatoms. The highest BCUT2D eigenvalue weighted by Gasteiger charge is 2.12. The van der Waals surface area contributed by atoms with Gasteiger partial charge in [-0.05, 0) is 57.4 Å².